The maximum atomic E-state index is 10.9. The molecule has 0 spiro atoms. The first-order chi connectivity index (χ1) is 17.9. The smallest absolute Gasteiger partial charge is 0.269 e. The third-order valence-electron chi connectivity index (χ3n) is 4.90. The summed E-state index contributed by atoms with van der Waals surface area (Å²) in [4.78, 5) is 23.5. The summed E-state index contributed by atoms with van der Waals surface area (Å²) in [7, 11) is 3.04. The van der Waals surface area contributed by atoms with Crippen molar-refractivity contribution in [3.8, 4) is 17.2 Å². The van der Waals surface area contributed by atoms with Gasteiger partial charge in [-0.05, 0) is 60.2 Å². The Labute approximate surface area is 211 Å². The van der Waals surface area contributed by atoms with Crippen LogP contribution >= 0.6 is 0 Å². The molecule has 13 heteroatoms. The number of hydrogen-bond donors (Lipinski definition) is 4. The van der Waals surface area contributed by atoms with Crippen molar-refractivity contribution >= 4 is 41.1 Å². The molecule has 1 aromatic heterocycles. The number of hydrazone groups is 1. The van der Waals surface area contributed by atoms with E-state index < -0.39 is 4.92 Å². The van der Waals surface area contributed by atoms with Gasteiger partial charge < -0.3 is 25.2 Å². The summed E-state index contributed by atoms with van der Waals surface area (Å²) in [5.41, 5.74) is 4.56. The summed E-state index contributed by atoms with van der Waals surface area (Å²) in [5.74, 6) is 1.52. The molecule has 0 aliphatic heterocycles. The van der Waals surface area contributed by atoms with Gasteiger partial charge in [0.15, 0.2) is 11.5 Å². The fourth-order valence-corrected chi connectivity index (χ4v) is 3.09. The number of phenolic OH excluding ortho intramolecular Hbond substituents is 1. The van der Waals surface area contributed by atoms with E-state index in [1.54, 1.807) is 55.6 Å². The number of non-ortho nitro benzene ring substituents is 1. The molecule has 0 aliphatic carbocycles. The van der Waals surface area contributed by atoms with Gasteiger partial charge in [0.25, 0.3) is 5.69 Å². The Kier molecular flexibility index (Phi) is 7.54. The molecule has 1 heterocycles. The lowest BCUT2D eigenvalue weighted by molar-refractivity contribution is -0.384. The molecule has 3 aromatic carbocycles. The van der Waals surface area contributed by atoms with Crippen LogP contribution in [0, 0.1) is 10.1 Å². The summed E-state index contributed by atoms with van der Waals surface area (Å²) >= 11 is 0. The average Bonchev–Trinajstić information content (AvgIpc) is 2.89. The molecule has 0 saturated heterocycles. The molecular formula is C24H22N8O5. The molecule has 188 valence electrons. The monoisotopic (exact) mass is 502 g/mol. The second-order valence-electron chi connectivity index (χ2n) is 7.39. The maximum Gasteiger partial charge on any atom is 0.269 e. The van der Waals surface area contributed by atoms with E-state index in [0.29, 0.717) is 28.4 Å². The van der Waals surface area contributed by atoms with Crippen LogP contribution in [0.1, 0.15) is 5.56 Å². The van der Waals surface area contributed by atoms with E-state index in [-0.39, 0.29) is 29.3 Å². The normalized spacial score (nSPS) is 10.6. The number of nitro groups is 1. The Morgan fingerprint density at radius 3 is 2.00 bits per heavy atom. The summed E-state index contributed by atoms with van der Waals surface area (Å²) in [6.07, 6.45) is 1.48. The summed E-state index contributed by atoms with van der Waals surface area (Å²) in [6.45, 7) is 0. The van der Waals surface area contributed by atoms with Crippen LogP contribution in [0.15, 0.2) is 71.8 Å². The Morgan fingerprint density at radius 2 is 1.46 bits per heavy atom. The van der Waals surface area contributed by atoms with Crippen LogP contribution in [-0.4, -0.2) is 45.4 Å². The van der Waals surface area contributed by atoms with Crippen LogP contribution in [-0.2, 0) is 0 Å². The van der Waals surface area contributed by atoms with Gasteiger partial charge >= 0.3 is 0 Å². The first-order valence-corrected chi connectivity index (χ1v) is 10.8. The standard InChI is InChI=1S/C24H22N8O5/c1-36-19-10-6-17(7-11-19)27-23-28-22(26-16-4-8-18(9-5-16)32(34)35)29-24(30-23)31-25-14-15-3-12-21(37-2)20(33)13-15/h3-14,33H,1-2H3,(H3,26,27,28,29,30,31)/b25-14-. The molecule has 4 rings (SSSR count). The second kappa shape index (κ2) is 11.3. The molecule has 4 aromatic rings. The van der Waals surface area contributed by atoms with Crippen molar-refractivity contribution in [2.75, 3.05) is 30.3 Å². The zero-order chi connectivity index (χ0) is 26.2. The van der Waals surface area contributed by atoms with Crippen molar-refractivity contribution in [2.24, 2.45) is 5.10 Å². The van der Waals surface area contributed by atoms with Crippen LogP contribution in [0.2, 0.25) is 0 Å². The lowest BCUT2D eigenvalue weighted by Gasteiger charge is -2.10. The number of aromatic nitrogens is 3. The van der Waals surface area contributed by atoms with Gasteiger partial charge in [-0.15, -0.1) is 0 Å². The molecule has 0 atom stereocenters. The highest BCUT2D eigenvalue weighted by atomic mass is 16.6. The third kappa shape index (κ3) is 6.57. The number of benzene rings is 3. The highest BCUT2D eigenvalue weighted by Crippen LogP contribution is 2.26. The molecule has 4 N–H and O–H groups in total. The number of phenols is 1. The van der Waals surface area contributed by atoms with Gasteiger partial charge in [0, 0.05) is 23.5 Å². The average molecular weight is 502 g/mol. The first-order valence-electron chi connectivity index (χ1n) is 10.8. The molecular weight excluding hydrogens is 480 g/mol. The number of ether oxygens (including phenoxy) is 2. The van der Waals surface area contributed by atoms with Gasteiger partial charge in [0.1, 0.15) is 5.75 Å². The van der Waals surface area contributed by atoms with Crippen molar-refractivity contribution in [2.45, 2.75) is 0 Å². The van der Waals surface area contributed by atoms with E-state index in [2.05, 4.69) is 36.1 Å². The quantitative estimate of drug-likeness (QED) is 0.137. The summed E-state index contributed by atoms with van der Waals surface area (Å²) in [6, 6.07) is 17.8. The van der Waals surface area contributed by atoms with E-state index in [4.69, 9.17) is 9.47 Å². The predicted molar refractivity (Wildman–Crippen MR) is 138 cm³/mol. The van der Waals surface area contributed by atoms with Gasteiger partial charge in [-0.1, -0.05) is 0 Å². The van der Waals surface area contributed by atoms with Gasteiger partial charge in [-0.3, -0.25) is 10.1 Å². The first kappa shape index (κ1) is 24.7. The fraction of sp³-hybridized carbons (Fsp3) is 0.0833. The second-order valence-corrected chi connectivity index (χ2v) is 7.39. The number of anilines is 5. The van der Waals surface area contributed by atoms with E-state index >= 15 is 0 Å². The topological polar surface area (TPSA) is 169 Å². The van der Waals surface area contributed by atoms with E-state index in [0.717, 1.165) is 0 Å². The fourth-order valence-electron chi connectivity index (χ4n) is 3.09. The number of methoxy groups -OCH3 is 2. The van der Waals surface area contributed by atoms with Crippen molar-refractivity contribution in [1.29, 1.82) is 0 Å². The highest BCUT2D eigenvalue weighted by molar-refractivity contribution is 5.81. The number of nitrogens with one attached hydrogen (secondary N) is 3. The van der Waals surface area contributed by atoms with Crippen LogP contribution in [0.5, 0.6) is 17.2 Å². The molecule has 0 unspecified atom stereocenters. The van der Waals surface area contributed by atoms with E-state index in [1.165, 1.54) is 31.5 Å². The number of aromatic hydroxyl groups is 1. The number of nitro benzene ring substituents is 1. The largest absolute Gasteiger partial charge is 0.504 e. The maximum absolute atomic E-state index is 10.9. The minimum atomic E-state index is -0.480. The molecule has 0 bridgehead atoms. The minimum Gasteiger partial charge on any atom is -0.504 e. The Balaban J connectivity index is 1.57. The summed E-state index contributed by atoms with van der Waals surface area (Å²) in [5, 5.41) is 31.1. The van der Waals surface area contributed by atoms with E-state index in [9.17, 15) is 15.2 Å². The number of rotatable bonds is 10. The van der Waals surface area contributed by atoms with Crippen LogP contribution in [0.25, 0.3) is 0 Å². The molecule has 0 radical (unpaired) electrons. The molecule has 0 fully saturated rings. The molecule has 0 saturated carbocycles. The third-order valence-corrected chi connectivity index (χ3v) is 4.90. The van der Waals surface area contributed by atoms with Crippen molar-refractivity contribution < 1.29 is 19.5 Å². The van der Waals surface area contributed by atoms with Crippen LogP contribution < -0.4 is 25.5 Å². The van der Waals surface area contributed by atoms with Gasteiger partial charge in [0.05, 0.1) is 25.4 Å². The number of hydrogen-bond acceptors (Lipinski definition) is 12. The van der Waals surface area contributed by atoms with Crippen molar-refractivity contribution in [3.05, 3.63) is 82.4 Å². The Morgan fingerprint density at radius 1 is 0.865 bits per heavy atom. The van der Waals surface area contributed by atoms with Gasteiger partial charge in [-0.25, -0.2) is 5.43 Å². The lowest BCUT2D eigenvalue weighted by atomic mass is 10.2. The van der Waals surface area contributed by atoms with Crippen molar-refractivity contribution in [3.63, 3.8) is 0 Å². The summed E-state index contributed by atoms with van der Waals surface area (Å²) < 4.78 is 10.2. The predicted octanol–water partition coefficient (Wildman–Crippen LogP) is 4.44. The van der Waals surface area contributed by atoms with Crippen LogP contribution in [0.3, 0.4) is 0 Å². The molecule has 13 nitrogen and oxygen atoms in total. The molecule has 0 amide bonds. The van der Waals surface area contributed by atoms with Crippen molar-refractivity contribution in [1.82, 2.24) is 15.0 Å². The van der Waals surface area contributed by atoms with Crippen LogP contribution in [0.4, 0.5) is 34.9 Å². The number of nitrogens with zero attached hydrogens (tertiary/aromatic N) is 5. The minimum absolute atomic E-state index is 0.0211. The zero-order valence-corrected chi connectivity index (χ0v) is 19.7. The highest BCUT2D eigenvalue weighted by Gasteiger charge is 2.10. The lowest BCUT2D eigenvalue weighted by Crippen LogP contribution is -2.07. The van der Waals surface area contributed by atoms with E-state index in [1.807, 2.05) is 0 Å². The zero-order valence-electron chi connectivity index (χ0n) is 19.7. The van der Waals surface area contributed by atoms with Gasteiger partial charge in [-0.2, -0.15) is 20.1 Å². The van der Waals surface area contributed by atoms with Gasteiger partial charge in [0.2, 0.25) is 17.8 Å². The molecule has 0 aliphatic rings. The Bertz CT molecular complexity index is 1410. The SMILES string of the molecule is COc1ccc(Nc2nc(N/N=C\c3ccc(OC)c(O)c3)nc(Nc3ccc([N+](=O)[O-])cc3)n2)cc1. The Hall–Kier alpha value is -5.46. The molecule has 37 heavy (non-hydrogen) atoms.